The van der Waals surface area contributed by atoms with Crippen molar-refractivity contribution < 1.29 is 13.2 Å². The van der Waals surface area contributed by atoms with Gasteiger partial charge in [0.05, 0.1) is 15.9 Å². The largest absolute Gasteiger partial charge is 0.352 e. The van der Waals surface area contributed by atoms with Gasteiger partial charge in [-0.3, -0.25) is 4.79 Å². The molecule has 186 valence electrons. The van der Waals surface area contributed by atoms with Gasteiger partial charge in [-0.25, -0.2) is 13.4 Å². The molecule has 7 heteroatoms. The molecule has 2 aromatic carbocycles. The molecule has 0 aliphatic heterocycles. The minimum atomic E-state index is -3.29. The van der Waals surface area contributed by atoms with E-state index in [0.717, 1.165) is 60.9 Å². The Kier molecular flexibility index (Phi) is 6.96. The van der Waals surface area contributed by atoms with Crippen molar-refractivity contribution in [1.29, 1.82) is 0 Å². The zero-order valence-corrected chi connectivity index (χ0v) is 21.3. The fourth-order valence-corrected chi connectivity index (χ4v) is 6.54. The molecule has 1 N–H and O–H groups in total. The maximum Gasteiger partial charge on any atom is 0.243 e. The molecule has 1 aromatic heterocycles. The van der Waals surface area contributed by atoms with Crippen LogP contribution in [0.15, 0.2) is 53.4 Å². The van der Waals surface area contributed by atoms with E-state index in [1.54, 1.807) is 12.1 Å². The summed E-state index contributed by atoms with van der Waals surface area (Å²) in [5, 5.41) is 3.41. The van der Waals surface area contributed by atoms with E-state index >= 15 is 0 Å². The van der Waals surface area contributed by atoms with E-state index in [0.29, 0.717) is 0 Å². The third-order valence-corrected chi connectivity index (χ3v) is 8.86. The van der Waals surface area contributed by atoms with Gasteiger partial charge in [0.15, 0.2) is 9.84 Å². The molecule has 35 heavy (non-hydrogen) atoms. The highest BCUT2D eigenvalue weighted by molar-refractivity contribution is 7.90. The number of rotatable bonds is 6. The molecule has 2 aliphatic carbocycles. The van der Waals surface area contributed by atoms with E-state index in [2.05, 4.69) is 9.88 Å². The van der Waals surface area contributed by atoms with E-state index in [4.69, 9.17) is 4.98 Å². The summed E-state index contributed by atoms with van der Waals surface area (Å²) in [6.07, 6.45) is 12.5. The van der Waals surface area contributed by atoms with E-state index in [9.17, 15) is 13.2 Å². The smallest absolute Gasteiger partial charge is 0.243 e. The number of benzene rings is 2. The maximum atomic E-state index is 14.0. The molecule has 3 aromatic rings. The van der Waals surface area contributed by atoms with Gasteiger partial charge in [0.25, 0.3) is 0 Å². The minimum absolute atomic E-state index is 0.0981. The first kappa shape index (κ1) is 24.0. The van der Waals surface area contributed by atoms with Gasteiger partial charge in [0.1, 0.15) is 11.9 Å². The number of amides is 1. The van der Waals surface area contributed by atoms with Crippen LogP contribution in [0.1, 0.15) is 70.3 Å². The minimum Gasteiger partial charge on any atom is -0.352 e. The molecule has 0 radical (unpaired) electrons. The number of sulfone groups is 1. The lowest BCUT2D eigenvalue weighted by Gasteiger charge is -2.33. The summed E-state index contributed by atoms with van der Waals surface area (Å²) < 4.78 is 26.2. The van der Waals surface area contributed by atoms with Gasteiger partial charge < -0.3 is 9.88 Å². The predicted octanol–water partition coefficient (Wildman–Crippen LogP) is 5.68. The number of imidazole rings is 1. The Hall–Kier alpha value is -2.67. The zero-order valence-electron chi connectivity index (χ0n) is 20.4. The summed E-state index contributed by atoms with van der Waals surface area (Å²) in [7, 11) is -3.29. The summed E-state index contributed by atoms with van der Waals surface area (Å²) in [4.78, 5) is 19.2. The fourth-order valence-electron chi connectivity index (χ4n) is 5.91. The Balaban J connectivity index is 1.61. The van der Waals surface area contributed by atoms with E-state index in [-0.39, 0.29) is 28.8 Å². The average Bonchev–Trinajstić information content (AvgIpc) is 3.24. The normalized spacial score (nSPS) is 19.0. The third-order valence-electron chi connectivity index (χ3n) is 7.73. The van der Waals surface area contributed by atoms with Crippen molar-refractivity contribution in [3.8, 4) is 11.4 Å². The van der Waals surface area contributed by atoms with Gasteiger partial charge in [-0.1, -0.05) is 50.7 Å². The van der Waals surface area contributed by atoms with Gasteiger partial charge in [0, 0.05) is 17.9 Å². The lowest BCUT2D eigenvalue weighted by atomic mass is 9.82. The molecule has 0 spiro atoms. The molecule has 0 bridgehead atoms. The number of carbonyl (C=O) groups is 1. The Morgan fingerprint density at radius 3 is 2.20 bits per heavy atom. The van der Waals surface area contributed by atoms with Crippen LogP contribution in [0.4, 0.5) is 0 Å². The molecule has 1 heterocycles. The van der Waals surface area contributed by atoms with Gasteiger partial charge in [-0.05, 0) is 68.0 Å². The van der Waals surface area contributed by atoms with Crippen LogP contribution >= 0.6 is 0 Å². The van der Waals surface area contributed by atoms with Crippen molar-refractivity contribution >= 4 is 26.8 Å². The summed E-state index contributed by atoms with van der Waals surface area (Å²) in [6.45, 7) is 0. The van der Waals surface area contributed by atoms with Crippen LogP contribution in [-0.2, 0) is 14.6 Å². The standard InChI is InChI=1S/C28H35N3O3S/c1-35(33,34)23-18-16-21(17-19-23)27-30-24-14-8-9-15-25(24)31(27)26(20-10-4-2-5-11-20)28(32)29-22-12-6-3-7-13-22/h8-9,14-20,22,26H,2-7,10-13H2,1H3,(H,29,32)/t26-/m0/s1. The van der Waals surface area contributed by atoms with Crippen molar-refractivity contribution in [3.63, 3.8) is 0 Å². The molecule has 2 aliphatic rings. The van der Waals surface area contributed by atoms with Crippen molar-refractivity contribution in [2.45, 2.75) is 81.2 Å². The Bertz CT molecular complexity index is 1280. The Labute approximate surface area is 208 Å². The van der Waals surface area contributed by atoms with E-state index in [1.165, 1.54) is 31.9 Å². The van der Waals surface area contributed by atoms with Crippen LogP contribution in [0.5, 0.6) is 0 Å². The van der Waals surface area contributed by atoms with Crippen LogP contribution in [0.3, 0.4) is 0 Å². The zero-order chi connectivity index (χ0) is 24.4. The fraction of sp³-hybridized carbons (Fsp3) is 0.500. The number of hydrogen-bond donors (Lipinski definition) is 1. The molecule has 1 atom stereocenters. The summed E-state index contributed by atoms with van der Waals surface area (Å²) in [5.41, 5.74) is 2.62. The van der Waals surface area contributed by atoms with Crippen LogP contribution < -0.4 is 5.32 Å². The number of carbonyl (C=O) groups excluding carboxylic acids is 1. The van der Waals surface area contributed by atoms with Crippen molar-refractivity contribution in [3.05, 3.63) is 48.5 Å². The second-order valence-electron chi connectivity index (χ2n) is 10.3. The van der Waals surface area contributed by atoms with Crippen LogP contribution in [0.2, 0.25) is 0 Å². The van der Waals surface area contributed by atoms with Gasteiger partial charge in [-0.2, -0.15) is 0 Å². The van der Waals surface area contributed by atoms with Crippen molar-refractivity contribution in [2.75, 3.05) is 6.26 Å². The van der Waals surface area contributed by atoms with Crippen molar-refractivity contribution in [2.24, 2.45) is 5.92 Å². The molecular weight excluding hydrogens is 458 g/mol. The summed E-state index contributed by atoms with van der Waals surface area (Å²) in [5.74, 6) is 1.07. The average molecular weight is 494 g/mol. The monoisotopic (exact) mass is 493 g/mol. The van der Waals surface area contributed by atoms with Crippen LogP contribution in [0.25, 0.3) is 22.4 Å². The van der Waals surface area contributed by atoms with E-state index in [1.807, 2.05) is 36.4 Å². The first-order valence-corrected chi connectivity index (χ1v) is 14.9. The molecule has 0 saturated heterocycles. The third kappa shape index (κ3) is 5.15. The second kappa shape index (κ2) is 10.1. The number of aromatic nitrogens is 2. The lowest BCUT2D eigenvalue weighted by molar-refractivity contribution is -0.127. The van der Waals surface area contributed by atoms with Gasteiger partial charge in [0.2, 0.25) is 5.91 Å². The van der Waals surface area contributed by atoms with Gasteiger partial charge >= 0.3 is 0 Å². The Morgan fingerprint density at radius 1 is 0.914 bits per heavy atom. The maximum absolute atomic E-state index is 14.0. The first-order chi connectivity index (χ1) is 16.9. The number of para-hydroxylation sites is 2. The number of nitrogens with one attached hydrogen (secondary N) is 1. The SMILES string of the molecule is CS(=O)(=O)c1ccc(-c2nc3ccccc3n2[C@H](C(=O)NC2CCCCC2)C2CCCCC2)cc1. The number of nitrogens with zero attached hydrogens (tertiary/aromatic N) is 2. The highest BCUT2D eigenvalue weighted by Crippen LogP contribution is 2.38. The molecule has 2 fully saturated rings. The molecule has 6 nitrogen and oxygen atoms in total. The van der Waals surface area contributed by atoms with Crippen LogP contribution in [0, 0.1) is 5.92 Å². The van der Waals surface area contributed by atoms with Crippen molar-refractivity contribution in [1.82, 2.24) is 14.9 Å². The quantitative estimate of drug-likeness (QED) is 0.479. The molecule has 0 unspecified atom stereocenters. The van der Waals surface area contributed by atoms with Gasteiger partial charge in [-0.15, -0.1) is 0 Å². The molecule has 2 saturated carbocycles. The number of hydrogen-bond acceptors (Lipinski definition) is 4. The first-order valence-electron chi connectivity index (χ1n) is 13.0. The topological polar surface area (TPSA) is 81.1 Å². The highest BCUT2D eigenvalue weighted by atomic mass is 32.2. The highest BCUT2D eigenvalue weighted by Gasteiger charge is 2.35. The molecule has 5 rings (SSSR count). The number of fused-ring (bicyclic) bond motifs is 1. The summed E-state index contributed by atoms with van der Waals surface area (Å²) >= 11 is 0. The Morgan fingerprint density at radius 2 is 1.54 bits per heavy atom. The van der Waals surface area contributed by atoms with E-state index < -0.39 is 9.84 Å². The predicted molar refractivity (Wildman–Crippen MR) is 139 cm³/mol. The lowest BCUT2D eigenvalue weighted by Crippen LogP contribution is -2.43. The van der Waals surface area contributed by atoms with Crippen LogP contribution in [-0.4, -0.2) is 36.2 Å². The second-order valence-corrected chi connectivity index (χ2v) is 12.3. The summed E-state index contributed by atoms with van der Waals surface area (Å²) in [6, 6.07) is 14.8. The molecule has 1 amide bonds. The molecular formula is C28H35N3O3S.